The largest absolute Gasteiger partial charge is 0.453 e. The topological polar surface area (TPSA) is 195 Å². The number of H-pyrrole nitrogens is 2. The van der Waals surface area contributed by atoms with Gasteiger partial charge in [0.25, 0.3) is 0 Å². The number of benzene rings is 2. The highest BCUT2D eigenvalue weighted by Crippen LogP contribution is 2.65. The van der Waals surface area contributed by atoms with Crippen molar-refractivity contribution in [2.75, 3.05) is 27.3 Å². The zero-order chi connectivity index (χ0) is 41.7. The number of rotatable bonds is 11. The van der Waals surface area contributed by atoms with Crippen molar-refractivity contribution in [3.05, 3.63) is 71.6 Å². The molecule has 15 nitrogen and oxygen atoms in total. The average molecular weight is 807 g/mol. The molecular formula is C44H54N8O7. The van der Waals surface area contributed by atoms with Crippen LogP contribution in [0.3, 0.4) is 0 Å². The minimum Gasteiger partial charge on any atom is -0.453 e. The summed E-state index contributed by atoms with van der Waals surface area (Å²) in [6.07, 6.45) is 5.85. The molecule has 2 saturated heterocycles. The number of imidazole rings is 2. The van der Waals surface area contributed by atoms with Crippen LogP contribution in [-0.2, 0) is 19.1 Å². The Morgan fingerprint density at radius 2 is 1.20 bits per heavy atom. The first-order valence-corrected chi connectivity index (χ1v) is 20.8. The minimum atomic E-state index is -0.719. The van der Waals surface area contributed by atoms with Gasteiger partial charge in [0.05, 0.1) is 56.2 Å². The van der Waals surface area contributed by atoms with Gasteiger partial charge >= 0.3 is 12.2 Å². The van der Waals surface area contributed by atoms with Crippen LogP contribution in [0, 0.1) is 17.8 Å². The molecular weight excluding hydrogens is 753 g/mol. The molecule has 312 valence electrons. The van der Waals surface area contributed by atoms with Crippen molar-refractivity contribution in [1.29, 1.82) is 0 Å². The van der Waals surface area contributed by atoms with Crippen molar-refractivity contribution < 1.29 is 33.8 Å². The predicted molar refractivity (Wildman–Crippen MR) is 219 cm³/mol. The molecule has 2 aliphatic carbocycles. The van der Waals surface area contributed by atoms with Crippen LogP contribution in [0.4, 0.5) is 9.59 Å². The van der Waals surface area contributed by atoms with E-state index in [1.165, 1.54) is 19.8 Å². The van der Waals surface area contributed by atoms with E-state index in [2.05, 4.69) is 57.0 Å². The first kappa shape index (κ1) is 40.1. The van der Waals surface area contributed by atoms with Crippen molar-refractivity contribution in [1.82, 2.24) is 40.4 Å². The van der Waals surface area contributed by atoms with Gasteiger partial charge in [-0.2, -0.15) is 0 Å². The summed E-state index contributed by atoms with van der Waals surface area (Å²) in [5, 5.41) is 17.0. The molecule has 4 amide bonds. The summed E-state index contributed by atoms with van der Waals surface area (Å²) >= 11 is 0. The highest BCUT2D eigenvalue weighted by Gasteiger charge is 2.53. The molecule has 2 aromatic heterocycles. The first-order valence-electron chi connectivity index (χ1n) is 20.8. The number of aliphatic hydroxyl groups excluding tert-OH is 1. The lowest BCUT2D eigenvalue weighted by molar-refractivity contribution is -0.136. The Hall–Kier alpha value is -5.70. The number of hydrogen-bond donors (Lipinski definition) is 5. The van der Waals surface area contributed by atoms with Gasteiger partial charge in [-0.1, -0.05) is 64.1 Å². The Labute approximate surface area is 343 Å². The monoisotopic (exact) mass is 806 g/mol. The number of likely N-dealkylation sites (tertiary alicyclic amines) is 2. The van der Waals surface area contributed by atoms with E-state index in [1.807, 2.05) is 27.7 Å². The normalized spacial score (nSPS) is 22.9. The molecule has 3 unspecified atom stereocenters. The smallest absolute Gasteiger partial charge is 0.407 e. The van der Waals surface area contributed by atoms with Gasteiger partial charge in [0.1, 0.15) is 23.7 Å². The molecule has 0 radical (unpaired) electrons. The van der Waals surface area contributed by atoms with Crippen LogP contribution in [0.15, 0.2) is 48.8 Å². The molecule has 7 atom stereocenters. The Kier molecular flexibility index (Phi) is 11.0. The molecule has 1 saturated carbocycles. The maximum absolute atomic E-state index is 13.7. The quantitative estimate of drug-likeness (QED) is 0.114. The summed E-state index contributed by atoms with van der Waals surface area (Å²) in [4.78, 5) is 71.5. The van der Waals surface area contributed by atoms with Crippen LogP contribution in [-0.4, -0.2) is 98.2 Å². The number of amides is 4. The number of hydrogen-bond acceptors (Lipinski definition) is 9. The van der Waals surface area contributed by atoms with E-state index in [0.717, 1.165) is 71.3 Å². The van der Waals surface area contributed by atoms with Crippen molar-refractivity contribution in [3.63, 3.8) is 0 Å². The third-order valence-electron chi connectivity index (χ3n) is 12.7. The fraction of sp³-hybridized carbons (Fsp3) is 0.500. The lowest BCUT2D eigenvalue weighted by Crippen LogP contribution is -2.51. The van der Waals surface area contributed by atoms with E-state index in [4.69, 9.17) is 19.4 Å². The molecule has 0 bridgehead atoms. The van der Waals surface area contributed by atoms with E-state index in [1.54, 1.807) is 22.2 Å². The number of carbonyl (C=O) groups is 4. The van der Waals surface area contributed by atoms with E-state index in [0.29, 0.717) is 24.7 Å². The molecule has 59 heavy (non-hydrogen) atoms. The summed E-state index contributed by atoms with van der Waals surface area (Å²) < 4.78 is 9.56. The third-order valence-corrected chi connectivity index (χ3v) is 12.7. The molecule has 2 aliphatic heterocycles. The molecule has 4 aliphatic rings. The number of aliphatic hydroxyl groups is 1. The minimum absolute atomic E-state index is 0.118. The Balaban J connectivity index is 1.01. The molecule has 5 N–H and O–H groups in total. The van der Waals surface area contributed by atoms with Crippen molar-refractivity contribution >= 4 is 24.0 Å². The summed E-state index contributed by atoms with van der Waals surface area (Å²) in [6.45, 7) is 8.73. The van der Waals surface area contributed by atoms with Gasteiger partial charge < -0.3 is 45.0 Å². The lowest BCUT2D eigenvalue weighted by atomic mass is 9.89. The van der Waals surface area contributed by atoms with Gasteiger partial charge in [-0.3, -0.25) is 9.59 Å². The number of nitrogens with one attached hydrogen (secondary N) is 4. The zero-order valence-corrected chi connectivity index (χ0v) is 34.5. The number of alkyl carbamates (subject to hydrolysis) is 2. The Bertz CT molecular complexity index is 2230. The highest BCUT2D eigenvalue weighted by molar-refractivity contribution is 5.87. The lowest BCUT2D eigenvalue weighted by Gasteiger charge is -2.30. The van der Waals surface area contributed by atoms with Crippen LogP contribution >= 0.6 is 0 Å². The third kappa shape index (κ3) is 7.45. The number of fused-ring (bicyclic) bond motifs is 3. The second kappa shape index (κ2) is 16.2. The SMILES string of the molecule is COC(=O)N[C@H](C(=O)N1CCC[C@H]1c1ncc(-c2ccc(-c3ccc(-c4cnc([C@H]5CCCN5C(=O)[C@H](NC(=O)OC)C(C)C)[nH]4)c4c3C3CC3C4O)cc2)[nH]1)C(C)C. The van der Waals surface area contributed by atoms with E-state index in [9.17, 15) is 24.3 Å². The number of ether oxygens (including phenoxy) is 2. The molecule has 4 aromatic rings. The molecule has 2 aromatic carbocycles. The standard InChI is InChI=1S/C44H54N8O7/c1-22(2)36(49-43(56)58-5)41(54)51-17-7-9-32(51)39-45-20-30(47-39)25-13-11-24(12-14-25)26-15-16-27(35-34(26)28-19-29(28)38(35)53)31-21-46-40(48-31)33-10-8-18-52(33)42(55)37(23(3)4)50-44(57)59-6/h11-16,20-23,28-29,32-33,36-38,53H,7-10,17-19H2,1-6H3,(H,45,47)(H,46,48)(H,49,56)(H,50,57)/t28?,29?,32-,33+,36-,37+,38?/m0/s1. The van der Waals surface area contributed by atoms with Crippen LogP contribution in [0.1, 0.15) is 107 Å². The van der Waals surface area contributed by atoms with Gasteiger partial charge in [-0.05, 0) is 83.6 Å². The van der Waals surface area contributed by atoms with Crippen LogP contribution in [0.5, 0.6) is 0 Å². The summed E-state index contributed by atoms with van der Waals surface area (Å²) in [6, 6.07) is 10.6. The van der Waals surface area contributed by atoms with Crippen LogP contribution in [0.25, 0.3) is 33.6 Å². The van der Waals surface area contributed by atoms with Gasteiger partial charge in [0.2, 0.25) is 11.8 Å². The van der Waals surface area contributed by atoms with E-state index >= 15 is 0 Å². The Morgan fingerprint density at radius 3 is 1.73 bits per heavy atom. The number of carbonyl (C=O) groups excluding carboxylic acids is 4. The number of aromatic amines is 2. The van der Waals surface area contributed by atoms with E-state index in [-0.39, 0.29) is 47.6 Å². The highest BCUT2D eigenvalue weighted by atomic mass is 16.5. The zero-order valence-electron chi connectivity index (χ0n) is 34.5. The maximum atomic E-state index is 13.7. The molecule has 15 heteroatoms. The van der Waals surface area contributed by atoms with Crippen LogP contribution in [0.2, 0.25) is 0 Å². The van der Waals surface area contributed by atoms with Crippen molar-refractivity contribution in [3.8, 4) is 33.6 Å². The fourth-order valence-electron chi connectivity index (χ4n) is 9.46. The molecule has 0 spiro atoms. The summed E-state index contributed by atoms with van der Waals surface area (Å²) in [5.74, 6) is 1.29. The number of nitrogens with zero attached hydrogens (tertiary/aromatic N) is 4. The average Bonchev–Trinajstić information content (AvgIpc) is 3.87. The molecule has 8 rings (SSSR count). The number of methoxy groups -OCH3 is 2. The van der Waals surface area contributed by atoms with E-state index < -0.39 is 30.4 Å². The second-order valence-corrected chi connectivity index (χ2v) is 17.0. The summed E-state index contributed by atoms with van der Waals surface area (Å²) in [7, 11) is 2.57. The number of aromatic nitrogens is 4. The maximum Gasteiger partial charge on any atom is 0.407 e. The fourth-order valence-corrected chi connectivity index (χ4v) is 9.46. The van der Waals surface area contributed by atoms with Gasteiger partial charge in [0, 0.05) is 18.7 Å². The second-order valence-electron chi connectivity index (χ2n) is 17.0. The Morgan fingerprint density at radius 1 is 0.712 bits per heavy atom. The van der Waals surface area contributed by atoms with Gasteiger partial charge in [0.15, 0.2) is 0 Å². The van der Waals surface area contributed by atoms with Gasteiger partial charge in [-0.25, -0.2) is 19.6 Å². The van der Waals surface area contributed by atoms with Crippen molar-refractivity contribution in [2.45, 2.75) is 96.0 Å². The molecule has 4 heterocycles. The van der Waals surface area contributed by atoms with Gasteiger partial charge in [-0.15, -0.1) is 0 Å². The first-order chi connectivity index (χ1) is 28.4. The van der Waals surface area contributed by atoms with Crippen LogP contribution < -0.4 is 10.6 Å². The van der Waals surface area contributed by atoms with Crippen molar-refractivity contribution in [2.24, 2.45) is 17.8 Å². The predicted octanol–water partition coefficient (Wildman–Crippen LogP) is 6.37. The summed E-state index contributed by atoms with van der Waals surface area (Å²) in [5.41, 5.74) is 7.75. The molecule has 3 fully saturated rings.